The van der Waals surface area contributed by atoms with Gasteiger partial charge in [0.1, 0.15) is 11.8 Å². The van der Waals surface area contributed by atoms with Gasteiger partial charge in [0.05, 0.1) is 0 Å². The van der Waals surface area contributed by atoms with Gasteiger partial charge in [-0.25, -0.2) is 0 Å². The van der Waals surface area contributed by atoms with Gasteiger partial charge in [-0.3, -0.25) is 4.79 Å². The second-order valence-corrected chi connectivity index (χ2v) is 4.34. The first-order chi connectivity index (χ1) is 9.67. The number of rotatable bonds is 4. The van der Waals surface area contributed by atoms with Crippen molar-refractivity contribution in [2.45, 2.75) is 20.4 Å². The van der Waals surface area contributed by atoms with Crippen molar-refractivity contribution in [2.75, 3.05) is 6.61 Å². The third-order valence-corrected chi connectivity index (χ3v) is 3.03. The van der Waals surface area contributed by atoms with Crippen LogP contribution < -0.4 is 10.3 Å². The van der Waals surface area contributed by atoms with Crippen LogP contribution in [0.25, 0.3) is 11.3 Å². The first-order valence-electron chi connectivity index (χ1n) is 6.39. The Kier molecular flexibility index (Phi) is 6.81. The number of aryl methyl sites for hydroxylation is 1. The van der Waals surface area contributed by atoms with Crippen molar-refractivity contribution in [1.82, 2.24) is 4.57 Å². The summed E-state index contributed by atoms with van der Waals surface area (Å²) >= 11 is 0. The molecule has 0 aliphatic heterocycles. The molecule has 0 fully saturated rings. The molecule has 21 heavy (non-hydrogen) atoms. The zero-order valence-electron chi connectivity index (χ0n) is 12.1. The van der Waals surface area contributed by atoms with E-state index in [-0.39, 0.29) is 44.9 Å². The minimum atomic E-state index is 0. The van der Waals surface area contributed by atoms with Crippen LogP contribution >= 0.6 is 0 Å². The molecule has 2 rings (SSSR count). The average Bonchev–Trinajstić information content (AvgIpc) is 2.48. The summed E-state index contributed by atoms with van der Waals surface area (Å²) in [6.07, 6.45) is 0. The fourth-order valence-electron chi connectivity index (χ4n) is 2.00. The number of aromatic nitrogens is 1. The van der Waals surface area contributed by atoms with E-state index in [0.29, 0.717) is 17.9 Å². The molecule has 0 bridgehead atoms. The summed E-state index contributed by atoms with van der Waals surface area (Å²) in [6.45, 7) is 4.34. The second-order valence-electron chi connectivity index (χ2n) is 4.34. The van der Waals surface area contributed by atoms with E-state index in [1.165, 1.54) is 0 Å². The molecule has 1 radical (unpaired) electrons. The van der Waals surface area contributed by atoms with Crippen LogP contribution in [0, 0.1) is 24.3 Å². The summed E-state index contributed by atoms with van der Waals surface area (Å²) in [5.41, 5.74) is 2.35. The molecule has 105 valence electrons. The Hall–Kier alpha value is -1.44. The predicted octanol–water partition coefficient (Wildman–Crippen LogP) is 2.54. The number of benzene rings is 1. The first-order valence-corrected chi connectivity index (χ1v) is 6.39. The maximum absolute atomic E-state index is 12.1. The largest absolute Gasteiger partial charge is 0.479 e. The second kappa shape index (κ2) is 8.12. The van der Waals surface area contributed by atoms with Gasteiger partial charge in [0.25, 0.3) is 0 Å². The van der Waals surface area contributed by atoms with Gasteiger partial charge in [-0.2, -0.15) is 17.4 Å². The molecule has 0 amide bonds. The van der Waals surface area contributed by atoms with Crippen LogP contribution in [0.1, 0.15) is 12.5 Å². The number of hydrogen-bond donors (Lipinski definition) is 0. The van der Waals surface area contributed by atoms with Crippen LogP contribution in [0.5, 0.6) is 5.75 Å². The van der Waals surface area contributed by atoms with Gasteiger partial charge in [-0.05, 0) is 19.1 Å². The van der Waals surface area contributed by atoms with Gasteiger partial charge in [0.2, 0.25) is 0 Å². The molecule has 5 heteroatoms. The topological polar surface area (TPSA) is 55.0 Å². The van der Waals surface area contributed by atoms with Crippen LogP contribution in [0.3, 0.4) is 0 Å². The molecule has 1 aromatic carbocycles. The summed E-state index contributed by atoms with van der Waals surface area (Å²) in [5, 5.41) is 8.47. The van der Waals surface area contributed by atoms with E-state index in [1.54, 1.807) is 29.7 Å². The summed E-state index contributed by atoms with van der Waals surface area (Å²) in [7, 11) is 0. The molecule has 0 aliphatic rings. The molecule has 0 unspecified atom stereocenters. The fourth-order valence-corrected chi connectivity index (χ4v) is 2.00. The molecule has 0 atom stereocenters. The number of nitrogens with zero attached hydrogens (tertiary/aromatic N) is 2. The van der Waals surface area contributed by atoms with Gasteiger partial charge in [0, 0.05) is 39.3 Å². The van der Waals surface area contributed by atoms with Crippen molar-refractivity contribution in [3.63, 3.8) is 0 Å². The molecule has 0 aliphatic carbocycles. The molecular weight excluding hydrogens is 341 g/mol. The van der Waals surface area contributed by atoms with Gasteiger partial charge < -0.3 is 9.30 Å². The van der Waals surface area contributed by atoms with E-state index in [2.05, 4.69) is 6.07 Å². The van der Waals surface area contributed by atoms with E-state index in [1.807, 2.05) is 25.1 Å². The Bertz CT molecular complexity index is 700. The summed E-state index contributed by atoms with van der Waals surface area (Å²) in [4.78, 5) is 12.1. The molecule has 0 saturated carbocycles. The fraction of sp³-hybridized carbons (Fsp3) is 0.250. The van der Waals surface area contributed by atoms with E-state index < -0.39 is 0 Å². The SMILES string of the molecule is CCn1c(-c2ccc(OCC#N)cc2)[c-]cc(C)c1=O.[Y]. The minimum absolute atomic E-state index is 0. The van der Waals surface area contributed by atoms with Crippen LogP contribution in [-0.2, 0) is 39.3 Å². The quantitative estimate of drug-likeness (QED) is 0.792. The van der Waals surface area contributed by atoms with Crippen molar-refractivity contribution in [3.8, 4) is 23.1 Å². The van der Waals surface area contributed by atoms with Crippen molar-refractivity contribution < 1.29 is 37.4 Å². The zero-order valence-corrected chi connectivity index (χ0v) is 14.9. The summed E-state index contributed by atoms with van der Waals surface area (Å²) in [6, 6.07) is 14.1. The molecule has 4 nitrogen and oxygen atoms in total. The predicted molar refractivity (Wildman–Crippen MR) is 76.5 cm³/mol. The number of nitriles is 1. The Morgan fingerprint density at radius 2 is 2.00 bits per heavy atom. The monoisotopic (exact) mass is 356 g/mol. The Morgan fingerprint density at radius 3 is 2.57 bits per heavy atom. The summed E-state index contributed by atoms with van der Waals surface area (Å²) in [5.74, 6) is 0.632. The number of hydrogen-bond acceptors (Lipinski definition) is 3. The Labute approximate surface area is 149 Å². The minimum Gasteiger partial charge on any atom is -0.479 e. The van der Waals surface area contributed by atoms with Gasteiger partial charge >= 0.3 is 0 Å². The van der Waals surface area contributed by atoms with E-state index in [0.717, 1.165) is 11.3 Å². The van der Waals surface area contributed by atoms with E-state index in [4.69, 9.17) is 10.00 Å². The van der Waals surface area contributed by atoms with Crippen LogP contribution in [0.2, 0.25) is 0 Å². The Morgan fingerprint density at radius 1 is 1.33 bits per heavy atom. The standard InChI is InChI=1S/C16H15N2O2.Y/c1-3-18-15(9-4-12(2)16(18)19)13-5-7-14(8-6-13)20-11-10-17;/h4-8H,3,11H2,1-2H3;/q-1;. The zero-order chi connectivity index (χ0) is 14.5. The molecule has 0 spiro atoms. The van der Waals surface area contributed by atoms with Crippen molar-refractivity contribution in [3.05, 3.63) is 52.3 Å². The van der Waals surface area contributed by atoms with E-state index in [9.17, 15) is 4.79 Å². The normalized spacial score (nSPS) is 9.57. The molecule has 1 heterocycles. The van der Waals surface area contributed by atoms with Gasteiger partial charge in [-0.15, -0.1) is 12.1 Å². The molecule has 2 aromatic rings. The third kappa shape index (κ3) is 4.03. The maximum Gasteiger partial charge on any atom is 0.197 e. The van der Waals surface area contributed by atoms with Gasteiger partial charge in [-0.1, -0.05) is 23.7 Å². The molecule has 1 aromatic heterocycles. The maximum atomic E-state index is 12.1. The first kappa shape index (κ1) is 17.6. The average molecular weight is 356 g/mol. The Balaban J connectivity index is 0.00000220. The molecule has 0 saturated heterocycles. The molecule has 0 N–H and O–H groups in total. The number of ether oxygens (including phenoxy) is 1. The third-order valence-electron chi connectivity index (χ3n) is 3.03. The smallest absolute Gasteiger partial charge is 0.197 e. The summed E-state index contributed by atoms with van der Waals surface area (Å²) < 4.78 is 6.90. The van der Waals surface area contributed by atoms with Crippen molar-refractivity contribution in [1.29, 1.82) is 5.26 Å². The molecular formula is C16H15N2O2Y-. The van der Waals surface area contributed by atoms with Crippen LogP contribution in [-0.4, -0.2) is 11.2 Å². The van der Waals surface area contributed by atoms with E-state index >= 15 is 0 Å². The van der Waals surface area contributed by atoms with Crippen LogP contribution in [0.15, 0.2) is 35.1 Å². The number of pyridine rings is 1. The van der Waals surface area contributed by atoms with Crippen molar-refractivity contribution in [2.24, 2.45) is 0 Å². The van der Waals surface area contributed by atoms with Gasteiger partial charge in [0.15, 0.2) is 12.2 Å². The van der Waals surface area contributed by atoms with Crippen molar-refractivity contribution >= 4 is 0 Å². The van der Waals surface area contributed by atoms with Crippen LogP contribution in [0.4, 0.5) is 0 Å².